The van der Waals surface area contributed by atoms with Crippen molar-refractivity contribution in [1.29, 1.82) is 0 Å². The molecule has 0 heterocycles. The Morgan fingerprint density at radius 1 is 1.73 bits per heavy atom. The van der Waals surface area contributed by atoms with Crippen LogP contribution in [-0.4, -0.2) is 17.2 Å². The van der Waals surface area contributed by atoms with Crippen LogP contribution in [-0.2, 0) is 8.62 Å². The maximum absolute atomic E-state index is 10.6. The van der Waals surface area contributed by atoms with E-state index in [-0.39, 0.29) is 6.42 Å². The van der Waals surface area contributed by atoms with Crippen molar-refractivity contribution in [1.82, 2.24) is 0 Å². The molecule has 0 fully saturated rings. The van der Waals surface area contributed by atoms with E-state index in [9.17, 15) is 4.79 Å². The molecule has 4 heteroatoms. The second-order valence-corrected chi connectivity index (χ2v) is 2.77. The molecule has 3 nitrogen and oxygen atoms in total. The summed E-state index contributed by atoms with van der Waals surface area (Å²) < 4.78 is 4.21. The van der Waals surface area contributed by atoms with Gasteiger partial charge in [0.05, 0.1) is 12.5 Å². The fourth-order valence-electron chi connectivity index (χ4n) is 0.766. The SMILES string of the molecule is CCCCC(O)CC(=O)OBr. The normalized spacial score (nSPS) is 12.6. The lowest BCUT2D eigenvalue weighted by molar-refractivity contribution is -0.134. The molecule has 0 amide bonds. The number of aliphatic hydroxyl groups excluding tert-OH is 1. The zero-order chi connectivity index (χ0) is 8.69. The summed E-state index contributed by atoms with van der Waals surface area (Å²) in [5.41, 5.74) is 0. The molecule has 1 unspecified atom stereocenters. The smallest absolute Gasteiger partial charge is 0.319 e. The molecular weight excluding hydrogens is 212 g/mol. The summed E-state index contributed by atoms with van der Waals surface area (Å²) in [7, 11) is 0. The summed E-state index contributed by atoms with van der Waals surface area (Å²) in [5.74, 6) is -0.423. The molecule has 0 rings (SSSR count). The van der Waals surface area contributed by atoms with E-state index >= 15 is 0 Å². The van der Waals surface area contributed by atoms with Crippen LogP contribution in [0, 0.1) is 0 Å². The van der Waals surface area contributed by atoms with Crippen molar-refractivity contribution in [2.45, 2.75) is 38.7 Å². The fraction of sp³-hybridized carbons (Fsp3) is 0.857. The van der Waals surface area contributed by atoms with E-state index in [0.29, 0.717) is 6.42 Å². The quantitative estimate of drug-likeness (QED) is 0.775. The zero-order valence-corrected chi connectivity index (χ0v) is 8.13. The maximum atomic E-state index is 10.6. The van der Waals surface area contributed by atoms with Crippen LogP contribution < -0.4 is 0 Å². The Balaban J connectivity index is 3.35. The largest absolute Gasteiger partial charge is 0.393 e. The van der Waals surface area contributed by atoms with E-state index in [1.165, 1.54) is 0 Å². The predicted octanol–water partition coefficient (Wildman–Crippen LogP) is 1.78. The number of carbonyl (C=O) groups excluding carboxylic acids is 1. The first kappa shape index (κ1) is 10.9. The predicted molar refractivity (Wildman–Crippen MR) is 45.2 cm³/mol. The van der Waals surface area contributed by atoms with Gasteiger partial charge in [-0.25, -0.2) is 0 Å². The number of hydrogen-bond donors (Lipinski definition) is 1. The van der Waals surface area contributed by atoms with Gasteiger partial charge in [-0.05, 0) is 6.42 Å². The molecule has 0 saturated heterocycles. The molecule has 1 N–H and O–H groups in total. The Labute approximate surface area is 75.2 Å². The van der Waals surface area contributed by atoms with Crippen LogP contribution in [0.15, 0.2) is 0 Å². The number of rotatable bonds is 5. The molecule has 0 aliphatic heterocycles. The maximum Gasteiger partial charge on any atom is 0.319 e. The highest BCUT2D eigenvalue weighted by atomic mass is 79.9. The van der Waals surface area contributed by atoms with Gasteiger partial charge in [0.15, 0.2) is 16.3 Å². The topological polar surface area (TPSA) is 46.5 Å². The van der Waals surface area contributed by atoms with E-state index in [0.717, 1.165) is 12.8 Å². The highest BCUT2D eigenvalue weighted by Gasteiger charge is 2.10. The van der Waals surface area contributed by atoms with Gasteiger partial charge in [-0.15, -0.1) is 0 Å². The fourth-order valence-corrected chi connectivity index (χ4v) is 0.898. The lowest BCUT2D eigenvalue weighted by Gasteiger charge is -2.06. The molecule has 0 radical (unpaired) electrons. The third kappa shape index (κ3) is 6.31. The lowest BCUT2D eigenvalue weighted by atomic mass is 10.1. The Kier molecular flexibility index (Phi) is 6.56. The standard InChI is InChI=1S/C7H13BrO3/c1-2-3-4-6(9)5-7(10)11-8/h6,9H,2-5H2,1H3. The van der Waals surface area contributed by atoms with Gasteiger partial charge in [0.1, 0.15) is 0 Å². The second kappa shape index (κ2) is 6.61. The average molecular weight is 225 g/mol. The monoisotopic (exact) mass is 224 g/mol. The van der Waals surface area contributed by atoms with E-state index in [4.69, 9.17) is 5.11 Å². The van der Waals surface area contributed by atoms with Crippen LogP contribution in [0.25, 0.3) is 0 Å². The van der Waals surface area contributed by atoms with E-state index in [1.807, 2.05) is 6.92 Å². The van der Waals surface area contributed by atoms with Crippen LogP contribution in [0.4, 0.5) is 0 Å². The van der Waals surface area contributed by atoms with Gasteiger partial charge < -0.3 is 8.93 Å². The van der Waals surface area contributed by atoms with Gasteiger partial charge in [-0.2, -0.15) is 0 Å². The summed E-state index contributed by atoms with van der Waals surface area (Å²) in [6.45, 7) is 2.04. The van der Waals surface area contributed by atoms with E-state index in [1.54, 1.807) is 0 Å². The summed E-state index contributed by atoms with van der Waals surface area (Å²) in [6.07, 6.45) is 2.15. The first-order chi connectivity index (χ1) is 5.20. The van der Waals surface area contributed by atoms with E-state index in [2.05, 4.69) is 20.1 Å². The Morgan fingerprint density at radius 2 is 2.36 bits per heavy atom. The minimum absolute atomic E-state index is 0.0747. The van der Waals surface area contributed by atoms with E-state index < -0.39 is 12.1 Å². The van der Waals surface area contributed by atoms with Gasteiger partial charge in [-0.1, -0.05) is 19.8 Å². The summed E-state index contributed by atoms with van der Waals surface area (Å²) in [6, 6.07) is 0. The summed E-state index contributed by atoms with van der Waals surface area (Å²) >= 11 is 2.55. The Morgan fingerprint density at radius 3 is 2.82 bits per heavy atom. The van der Waals surface area contributed by atoms with Crippen LogP contribution >= 0.6 is 16.3 Å². The van der Waals surface area contributed by atoms with Gasteiger partial charge in [0, 0.05) is 0 Å². The molecule has 1 atom stereocenters. The minimum Gasteiger partial charge on any atom is -0.393 e. The number of unbranched alkanes of at least 4 members (excludes halogenated alkanes) is 1. The molecule has 0 saturated carbocycles. The van der Waals surface area contributed by atoms with Crippen molar-refractivity contribution < 1.29 is 13.7 Å². The Bertz CT molecular complexity index is 116. The van der Waals surface area contributed by atoms with Crippen LogP contribution in [0.2, 0.25) is 0 Å². The number of aliphatic hydroxyl groups is 1. The van der Waals surface area contributed by atoms with Crippen molar-refractivity contribution in [3.8, 4) is 0 Å². The van der Waals surface area contributed by atoms with Crippen molar-refractivity contribution in [3.63, 3.8) is 0 Å². The molecule has 11 heavy (non-hydrogen) atoms. The van der Waals surface area contributed by atoms with Gasteiger partial charge in [0.2, 0.25) is 0 Å². The molecular formula is C7H13BrO3. The highest BCUT2D eigenvalue weighted by Crippen LogP contribution is 2.05. The van der Waals surface area contributed by atoms with Crippen molar-refractivity contribution >= 4 is 22.2 Å². The molecule has 0 aliphatic carbocycles. The molecule has 0 bridgehead atoms. The number of halogens is 1. The highest BCUT2D eigenvalue weighted by molar-refractivity contribution is 9.06. The van der Waals surface area contributed by atoms with Crippen LogP contribution in [0.1, 0.15) is 32.6 Å². The molecule has 0 aromatic carbocycles. The molecule has 0 aromatic heterocycles. The second-order valence-electron chi connectivity index (χ2n) is 2.45. The van der Waals surface area contributed by atoms with Gasteiger partial charge in [-0.3, -0.25) is 4.79 Å². The first-order valence-corrected chi connectivity index (χ1v) is 4.35. The van der Waals surface area contributed by atoms with Crippen LogP contribution in [0.5, 0.6) is 0 Å². The molecule has 0 spiro atoms. The van der Waals surface area contributed by atoms with Gasteiger partial charge >= 0.3 is 5.97 Å². The third-order valence-corrected chi connectivity index (χ3v) is 1.74. The van der Waals surface area contributed by atoms with Crippen molar-refractivity contribution in [3.05, 3.63) is 0 Å². The van der Waals surface area contributed by atoms with Crippen molar-refractivity contribution in [2.24, 2.45) is 0 Å². The average Bonchev–Trinajstić information content (AvgIpc) is 2.00. The molecule has 0 aliphatic rings. The zero-order valence-electron chi connectivity index (χ0n) is 6.55. The molecule has 0 aromatic rings. The van der Waals surface area contributed by atoms with Crippen LogP contribution in [0.3, 0.4) is 0 Å². The van der Waals surface area contributed by atoms with Gasteiger partial charge in [0.25, 0.3) is 0 Å². The molecule has 66 valence electrons. The third-order valence-electron chi connectivity index (χ3n) is 1.38. The number of hydrogen-bond acceptors (Lipinski definition) is 3. The van der Waals surface area contributed by atoms with Crippen molar-refractivity contribution in [2.75, 3.05) is 0 Å². The number of carbonyl (C=O) groups is 1. The summed E-state index contributed by atoms with van der Waals surface area (Å²) in [5, 5.41) is 9.16. The summed E-state index contributed by atoms with van der Waals surface area (Å²) in [4.78, 5) is 10.6. The Hall–Kier alpha value is -0.0900. The first-order valence-electron chi connectivity index (χ1n) is 3.70. The lowest BCUT2D eigenvalue weighted by Crippen LogP contribution is -2.12. The minimum atomic E-state index is -0.556.